The third-order valence-electron chi connectivity index (χ3n) is 3.16. The second-order valence-electron chi connectivity index (χ2n) is 4.80. The predicted octanol–water partition coefficient (Wildman–Crippen LogP) is -0.108. The molecule has 0 saturated heterocycles. The number of likely N-dealkylation sites (N-methyl/N-ethyl adjacent to an activating group) is 1. The van der Waals surface area contributed by atoms with Crippen LogP contribution in [0, 0.1) is 5.92 Å². The Kier molecular flexibility index (Phi) is 4.99. The van der Waals surface area contributed by atoms with Crippen molar-refractivity contribution in [2.75, 3.05) is 47.4 Å². The van der Waals surface area contributed by atoms with E-state index < -0.39 is 0 Å². The fourth-order valence-corrected chi connectivity index (χ4v) is 2.03. The second-order valence-corrected chi connectivity index (χ2v) is 4.80. The highest BCUT2D eigenvalue weighted by Gasteiger charge is 2.43. The Bertz CT molecular complexity index is 183. The maximum absolute atomic E-state index is 5.90. The van der Waals surface area contributed by atoms with Crippen molar-refractivity contribution in [3.05, 3.63) is 0 Å². The minimum Gasteiger partial charge on any atom is -0.383 e. The molecule has 4 nitrogen and oxygen atoms in total. The SMILES string of the molecule is COCC(CN)(NCCN(C)C)C1CC1. The third kappa shape index (κ3) is 3.72. The van der Waals surface area contributed by atoms with Gasteiger partial charge in [-0.15, -0.1) is 0 Å². The molecule has 0 amide bonds. The molecule has 0 aromatic carbocycles. The van der Waals surface area contributed by atoms with E-state index in [0.717, 1.165) is 19.7 Å². The van der Waals surface area contributed by atoms with E-state index in [0.29, 0.717) is 12.5 Å². The first kappa shape index (κ1) is 12.9. The number of hydrogen-bond acceptors (Lipinski definition) is 4. The largest absolute Gasteiger partial charge is 0.383 e. The van der Waals surface area contributed by atoms with E-state index in [1.165, 1.54) is 12.8 Å². The minimum absolute atomic E-state index is 0.0186. The molecule has 1 fully saturated rings. The van der Waals surface area contributed by atoms with Gasteiger partial charge in [0.15, 0.2) is 0 Å². The van der Waals surface area contributed by atoms with Crippen molar-refractivity contribution < 1.29 is 4.74 Å². The summed E-state index contributed by atoms with van der Waals surface area (Å²) in [5.41, 5.74) is 5.91. The number of hydrogen-bond donors (Lipinski definition) is 2. The zero-order chi connectivity index (χ0) is 11.3. The second kappa shape index (κ2) is 5.80. The van der Waals surface area contributed by atoms with Crippen LogP contribution >= 0.6 is 0 Å². The summed E-state index contributed by atoms with van der Waals surface area (Å²) in [6, 6.07) is 0. The molecule has 0 spiro atoms. The first-order chi connectivity index (χ1) is 7.14. The van der Waals surface area contributed by atoms with E-state index in [9.17, 15) is 0 Å². The van der Waals surface area contributed by atoms with Gasteiger partial charge in [0.05, 0.1) is 12.1 Å². The number of nitrogens with zero attached hydrogens (tertiary/aromatic N) is 1. The van der Waals surface area contributed by atoms with E-state index in [4.69, 9.17) is 10.5 Å². The fraction of sp³-hybridized carbons (Fsp3) is 1.00. The van der Waals surface area contributed by atoms with Crippen LogP contribution in [0.4, 0.5) is 0 Å². The molecule has 0 bridgehead atoms. The highest BCUT2D eigenvalue weighted by atomic mass is 16.5. The smallest absolute Gasteiger partial charge is 0.0659 e. The van der Waals surface area contributed by atoms with Gasteiger partial charge >= 0.3 is 0 Å². The van der Waals surface area contributed by atoms with Crippen molar-refractivity contribution in [1.29, 1.82) is 0 Å². The van der Waals surface area contributed by atoms with Gasteiger partial charge < -0.3 is 20.7 Å². The summed E-state index contributed by atoms with van der Waals surface area (Å²) in [5.74, 6) is 0.713. The summed E-state index contributed by atoms with van der Waals surface area (Å²) in [6.45, 7) is 3.41. The van der Waals surface area contributed by atoms with Crippen molar-refractivity contribution >= 4 is 0 Å². The van der Waals surface area contributed by atoms with Gasteiger partial charge in [-0.3, -0.25) is 0 Å². The molecular formula is C11H25N3O. The average molecular weight is 215 g/mol. The Morgan fingerprint density at radius 2 is 2.13 bits per heavy atom. The molecular weight excluding hydrogens is 190 g/mol. The highest BCUT2D eigenvalue weighted by Crippen LogP contribution is 2.39. The lowest BCUT2D eigenvalue weighted by Crippen LogP contribution is -2.57. The molecule has 1 rings (SSSR count). The maximum Gasteiger partial charge on any atom is 0.0659 e. The van der Waals surface area contributed by atoms with Crippen LogP contribution in [0.1, 0.15) is 12.8 Å². The Balaban J connectivity index is 2.40. The monoisotopic (exact) mass is 215 g/mol. The first-order valence-electron chi connectivity index (χ1n) is 5.73. The van der Waals surface area contributed by atoms with E-state index in [-0.39, 0.29) is 5.54 Å². The van der Waals surface area contributed by atoms with Gasteiger partial charge in [0.2, 0.25) is 0 Å². The molecule has 1 unspecified atom stereocenters. The van der Waals surface area contributed by atoms with Crippen molar-refractivity contribution in [2.24, 2.45) is 11.7 Å². The van der Waals surface area contributed by atoms with Crippen LogP contribution in [0.15, 0.2) is 0 Å². The Morgan fingerprint density at radius 1 is 1.47 bits per heavy atom. The summed E-state index contributed by atoms with van der Waals surface area (Å²) in [6.07, 6.45) is 2.57. The van der Waals surface area contributed by atoms with Crippen molar-refractivity contribution in [1.82, 2.24) is 10.2 Å². The van der Waals surface area contributed by atoms with E-state index >= 15 is 0 Å². The molecule has 1 aliphatic rings. The molecule has 1 atom stereocenters. The van der Waals surface area contributed by atoms with E-state index in [1.807, 2.05) is 0 Å². The third-order valence-corrected chi connectivity index (χ3v) is 3.16. The molecule has 0 radical (unpaired) electrons. The molecule has 1 saturated carbocycles. The van der Waals surface area contributed by atoms with Crippen LogP contribution in [-0.2, 0) is 4.74 Å². The maximum atomic E-state index is 5.90. The molecule has 4 heteroatoms. The number of nitrogens with two attached hydrogens (primary N) is 1. The highest BCUT2D eigenvalue weighted by molar-refractivity contribution is 5.02. The van der Waals surface area contributed by atoms with Crippen LogP contribution in [0.25, 0.3) is 0 Å². The molecule has 0 heterocycles. The topological polar surface area (TPSA) is 50.5 Å². The molecule has 1 aliphatic carbocycles. The number of methoxy groups -OCH3 is 1. The Hall–Kier alpha value is -0.160. The zero-order valence-corrected chi connectivity index (χ0v) is 10.3. The molecule has 15 heavy (non-hydrogen) atoms. The van der Waals surface area contributed by atoms with Gasteiger partial charge in [0, 0.05) is 26.7 Å². The van der Waals surface area contributed by atoms with Crippen LogP contribution < -0.4 is 11.1 Å². The molecule has 3 N–H and O–H groups in total. The minimum atomic E-state index is 0.0186. The van der Waals surface area contributed by atoms with Crippen LogP contribution in [-0.4, -0.2) is 57.9 Å². The summed E-state index contributed by atoms with van der Waals surface area (Å²) in [4.78, 5) is 2.17. The molecule has 0 aromatic heterocycles. The summed E-state index contributed by atoms with van der Waals surface area (Å²) in [7, 11) is 5.92. The van der Waals surface area contributed by atoms with Crippen LogP contribution in [0.2, 0.25) is 0 Å². The normalized spacial score (nSPS) is 20.6. The van der Waals surface area contributed by atoms with Gasteiger partial charge in [-0.2, -0.15) is 0 Å². The lowest BCUT2D eigenvalue weighted by molar-refractivity contribution is 0.0974. The van der Waals surface area contributed by atoms with E-state index in [1.54, 1.807) is 7.11 Å². The predicted molar refractivity (Wildman–Crippen MR) is 62.9 cm³/mol. The summed E-state index contributed by atoms with van der Waals surface area (Å²) >= 11 is 0. The Morgan fingerprint density at radius 3 is 2.53 bits per heavy atom. The number of rotatable bonds is 8. The molecule has 0 aliphatic heterocycles. The lowest BCUT2D eigenvalue weighted by atomic mass is 9.94. The van der Waals surface area contributed by atoms with Crippen molar-refractivity contribution in [3.8, 4) is 0 Å². The van der Waals surface area contributed by atoms with Crippen molar-refractivity contribution in [2.45, 2.75) is 18.4 Å². The van der Waals surface area contributed by atoms with Crippen LogP contribution in [0.5, 0.6) is 0 Å². The van der Waals surface area contributed by atoms with Crippen molar-refractivity contribution in [3.63, 3.8) is 0 Å². The standard InChI is InChI=1S/C11H25N3O/c1-14(2)7-6-13-11(8-12,9-15-3)10-4-5-10/h10,13H,4-9,12H2,1-3H3. The summed E-state index contributed by atoms with van der Waals surface area (Å²) in [5, 5.41) is 3.59. The van der Waals surface area contributed by atoms with Gasteiger partial charge in [-0.05, 0) is 32.9 Å². The number of ether oxygens (including phenoxy) is 1. The fourth-order valence-electron chi connectivity index (χ4n) is 2.03. The number of nitrogens with one attached hydrogen (secondary N) is 1. The van der Waals surface area contributed by atoms with Gasteiger partial charge in [0.25, 0.3) is 0 Å². The van der Waals surface area contributed by atoms with E-state index in [2.05, 4.69) is 24.3 Å². The zero-order valence-electron chi connectivity index (χ0n) is 10.3. The Labute approximate surface area is 93.1 Å². The quantitative estimate of drug-likeness (QED) is 0.593. The van der Waals surface area contributed by atoms with Gasteiger partial charge in [-0.1, -0.05) is 0 Å². The molecule has 0 aromatic rings. The molecule has 90 valence electrons. The summed E-state index contributed by atoms with van der Waals surface area (Å²) < 4.78 is 5.30. The van der Waals surface area contributed by atoms with Gasteiger partial charge in [0.1, 0.15) is 0 Å². The lowest BCUT2D eigenvalue weighted by Gasteiger charge is -2.34. The first-order valence-corrected chi connectivity index (χ1v) is 5.73. The average Bonchev–Trinajstić information content (AvgIpc) is 2.99. The van der Waals surface area contributed by atoms with Gasteiger partial charge in [-0.25, -0.2) is 0 Å². The van der Waals surface area contributed by atoms with Crippen LogP contribution in [0.3, 0.4) is 0 Å².